The minimum Gasteiger partial charge on any atom is -0.309 e. The Kier molecular flexibility index (Phi) is 7.45. The van der Waals surface area contributed by atoms with Crippen molar-refractivity contribution in [1.82, 2.24) is 9.29 Å². The highest BCUT2D eigenvalue weighted by molar-refractivity contribution is 7.89. The van der Waals surface area contributed by atoms with Gasteiger partial charge in [-0.25, -0.2) is 18.2 Å². The Balaban J connectivity index is 1.39. The molecule has 9 nitrogen and oxygen atoms in total. The van der Waals surface area contributed by atoms with E-state index in [2.05, 4.69) is 20.9 Å². The molecule has 1 saturated heterocycles. The molecule has 1 unspecified atom stereocenters. The maximum absolute atomic E-state index is 13.2. The normalized spacial score (nSPS) is 16.2. The van der Waals surface area contributed by atoms with Gasteiger partial charge in [0.2, 0.25) is 15.9 Å². The molecule has 13 heteroatoms. The number of carbonyl (C=O) groups is 2. The van der Waals surface area contributed by atoms with Gasteiger partial charge in [-0.1, -0.05) is 6.07 Å². The molecule has 3 aromatic rings. The van der Waals surface area contributed by atoms with Crippen molar-refractivity contribution < 1.29 is 31.2 Å². The Morgan fingerprint density at radius 1 is 0.892 bits per heavy atom. The standard InChI is InChI=1S/C24H22F3N5O4S/c25-24(26,27)16-6-8-17(9-7-16)29-23(34)30-18-10-12-19(13-11-18)37(35,36)32-15-3-4-20(32)22(33)31-21-5-1-2-14-28-21/h1-2,5-14,20H,3-4,15H2,(H,28,31,33)(H2,29,30,34). The van der Waals surface area contributed by atoms with Crippen LogP contribution in [0.25, 0.3) is 0 Å². The van der Waals surface area contributed by atoms with Gasteiger partial charge in [-0.05, 0) is 73.5 Å². The predicted octanol–water partition coefficient (Wildman–Crippen LogP) is 4.54. The summed E-state index contributed by atoms with van der Waals surface area (Å²) in [4.78, 5) is 28.9. The zero-order valence-electron chi connectivity index (χ0n) is 19.2. The van der Waals surface area contributed by atoms with Crippen LogP contribution in [0.4, 0.5) is 35.2 Å². The Labute approximate surface area is 210 Å². The van der Waals surface area contributed by atoms with E-state index in [1.165, 1.54) is 30.5 Å². The molecule has 0 radical (unpaired) electrons. The molecule has 1 aromatic heterocycles. The van der Waals surface area contributed by atoms with Gasteiger partial charge >= 0.3 is 12.2 Å². The number of benzene rings is 2. The Morgan fingerprint density at radius 3 is 2.08 bits per heavy atom. The lowest BCUT2D eigenvalue weighted by Gasteiger charge is -2.23. The van der Waals surface area contributed by atoms with Crippen LogP contribution in [-0.2, 0) is 21.0 Å². The fraction of sp³-hybridized carbons (Fsp3) is 0.208. The summed E-state index contributed by atoms with van der Waals surface area (Å²) >= 11 is 0. The molecule has 0 saturated carbocycles. The fourth-order valence-corrected chi connectivity index (χ4v) is 5.47. The molecule has 3 amide bonds. The van der Waals surface area contributed by atoms with Gasteiger partial charge in [0, 0.05) is 24.1 Å². The van der Waals surface area contributed by atoms with E-state index in [1.54, 1.807) is 18.2 Å². The van der Waals surface area contributed by atoms with Crippen LogP contribution >= 0.6 is 0 Å². The van der Waals surface area contributed by atoms with Crippen molar-refractivity contribution in [3.05, 3.63) is 78.5 Å². The minimum absolute atomic E-state index is 0.0567. The smallest absolute Gasteiger partial charge is 0.309 e. The predicted molar refractivity (Wildman–Crippen MR) is 130 cm³/mol. The third-order valence-electron chi connectivity index (χ3n) is 5.61. The molecular formula is C24H22F3N5O4S. The zero-order valence-corrected chi connectivity index (χ0v) is 20.0. The monoisotopic (exact) mass is 533 g/mol. The van der Waals surface area contributed by atoms with E-state index in [0.29, 0.717) is 18.7 Å². The van der Waals surface area contributed by atoms with Crippen LogP contribution in [-0.4, -0.2) is 42.2 Å². The van der Waals surface area contributed by atoms with Gasteiger partial charge in [-0.2, -0.15) is 17.5 Å². The van der Waals surface area contributed by atoms with Crippen LogP contribution in [0, 0.1) is 0 Å². The molecule has 1 fully saturated rings. The zero-order chi connectivity index (χ0) is 26.6. The van der Waals surface area contributed by atoms with Crippen LogP contribution in [0.2, 0.25) is 0 Å². The number of rotatable bonds is 6. The molecule has 0 spiro atoms. The Hall–Kier alpha value is -3.97. The second-order valence-electron chi connectivity index (χ2n) is 8.16. The maximum Gasteiger partial charge on any atom is 0.416 e. The highest BCUT2D eigenvalue weighted by atomic mass is 32.2. The van der Waals surface area contributed by atoms with Crippen molar-refractivity contribution in [3.8, 4) is 0 Å². The second kappa shape index (κ2) is 10.6. The van der Waals surface area contributed by atoms with Crippen molar-refractivity contribution in [3.63, 3.8) is 0 Å². The summed E-state index contributed by atoms with van der Waals surface area (Å²) in [6, 6.07) is 12.7. The number of aromatic nitrogens is 1. The van der Waals surface area contributed by atoms with E-state index in [0.717, 1.165) is 28.6 Å². The third kappa shape index (κ3) is 6.24. The lowest BCUT2D eigenvalue weighted by molar-refractivity contribution is -0.137. The van der Waals surface area contributed by atoms with Gasteiger partial charge in [0.15, 0.2) is 0 Å². The highest BCUT2D eigenvalue weighted by Crippen LogP contribution is 2.30. The third-order valence-corrected chi connectivity index (χ3v) is 7.53. The minimum atomic E-state index is -4.49. The number of hydrogen-bond acceptors (Lipinski definition) is 5. The molecule has 1 aliphatic rings. The van der Waals surface area contributed by atoms with Crippen LogP contribution < -0.4 is 16.0 Å². The topological polar surface area (TPSA) is 121 Å². The summed E-state index contributed by atoms with van der Waals surface area (Å²) in [5.74, 6) is -0.153. The van der Waals surface area contributed by atoms with Crippen molar-refractivity contribution >= 4 is 39.2 Å². The molecule has 2 aromatic carbocycles. The van der Waals surface area contributed by atoms with Gasteiger partial charge in [0.05, 0.1) is 10.5 Å². The molecular weight excluding hydrogens is 511 g/mol. The van der Waals surface area contributed by atoms with E-state index in [1.807, 2.05) is 0 Å². The van der Waals surface area contributed by atoms with Crippen LogP contribution in [0.5, 0.6) is 0 Å². The summed E-state index contributed by atoms with van der Waals surface area (Å²) in [6.45, 7) is 0.179. The van der Waals surface area contributed by atoms with Crippen LogP contribution in [0.3, 0.4) is 0 Å². The summed E-state index contributed by atoms with van der Waals surface area (Å²) in [6.07, 6.45) is -2.09. The van der Waals surface area contributed by atoms with E-state index >= 15 is 0 Å². The van der Waals surface area contributed by atoms with E-state index in [-0.39, 0.29) is 22.8 Å². The highest BCUT2D eigenvalue weighted by Gasteiger charge is 2.39. The quantitative estimate of drug-likeness (QED) is 0.430. The lowest BCUT2D eigenvalue weighted by Crippen LogP contribution is -2.43. The molecule has 2 heterocycles. The number of amides is 3. The van der Waals surface area contributed by atoms with E-state index in [9.17, 15) is 31.2 Å². The van der Waals surface area contributed by atoms with Crippen molar-refractivity contribution in [2.45, 2.75) is 30.0 Å². The first kappa shape index (κ1) is 26.1. The molecule has 1 atom stereocenters. The lowest BCUT2D eigenvalue weighted by atomic mass is 10.2. The summed E-state index contributed by atoms with van der Waals surface area (Å²) in [7, 11) is -4.00. The molecule has 194 valence electrons. The second-order valence-corrected chi connectivity index (χ2v) is 10.0. The van der Waals surface area contributed by atoms with Crippen molar-refractivity contribution in [2.75, 3.05) is 22.5 Å². The van der Waals surface area contributed by atoms with Gasteiger partial charge < -0.3 is 16.0 Å². The van der Waals surface area contributed by atoms with Crippen LogP contribution in [0.1, 0.15) is 18.4 Å². The molecule has 3 N–H and O–H groups in total. The molecule has 0 bridgehead atoms. The Morgan fingerprint density at radius 2 is 1.51 bits per heavy atom. The maximum atomic E-state index is 13.2. The summed E-state index contributed by atoms with van der Waals surface area (Å²) < 4.78 is 65.6. The average molecular weight is 534 g/mol. The van der Waals surface area contributed by atoms with E-state index < -0.39 is 39.7 Å². The number of sulfonamides is 1. The molecule has 1 aliphatic heterocycles. The summed E-state index contributed by atoms with van der Waals surface area (Å²) in [5.41, 5.74) is -0.437. The van der Waals surface area contributed by atoms with Crippen molar-refractivity contribution in [1.29, 1.82) is 0 Å². The van der Waals surface area contributed by atoms with Gasteiger partial charge in [0.25, 0.3) is 0 Å². The van der Waals surface area contributed by atoms with Crippen molar-refractivity contribution in [2.24, 2.45) is 0 Å². The SMILES string of the molecule is O=C(Nc1ccc(C(F)(F)F)cc1)Nc1ccc(S(=O)(=O)N2CCCC2C(=O)Nc2ccccn2)cc1. The molecule has 37 heavy (non-hydrogen) atoms. The largest absolute Gasteiger partial charge is 0.416 e. The number of pyridine rings is 1. The molecule has 0 aliphatic carbocycles. The first-order chi connectivity index (χ1) is 17.5. The van der Waals surface area contributed by atoms with Gasteiger partial charge in [0.1, 0.15) is 11.9 Å². The van der Waals surface area contributed by atoms with Gasteiger partial charge in [-0.15, -0.1) is 0 Å². The van der Waals surface area contributed by atoms with Gasteiger partial charge in [-0.3, -0.25) is 4.79 Å². The number of urea groups is 1. The number of nitrogens with zero attached hydrogens (tertiary/aromatic N) is 2. The molecule has 4 rings (SSSR count). The number of halogens is 3. The first-order valence-electron chi connectivity index (χ1n) is 11.1. The summed E-state index contributed by atoms with van der Waals surface area (Å²) in [5, 5.41) is 7.52. The number of hydrogen-bond donors (Lipinski definition) is 3. The number of carbonyl (C=O) groups excluding carboxylic acids is 2. The number of alkyl halides is 3. The Bertz CT molecular complexity index is 1370. The number of anilines is 3. The first-order valence-corrected chi connectivity index (χ1v) is 12.6. The van der Waals surface area contributed by atoms with E-state index in [4.69, 9.17) is 0 Å². The average Bonchev–Trinajstić information content (AvgIpc) is 3.36. The van der Waals surface area contributed by atoms with Crippen LogP contribution in [0.15, 0.2) is 77.8 Å². The fourth-order valence-electron chi connectivity index (χ4n) is 3.82. The number of nitrogens with one attached hydrogen (secondary N) is 3.